The molecular formula is C17H17ClN2. The lowest BCUT2D eigenvalue weighted by molar-refractivity contribution is 0.589. The lowest BCUT2D eigenvalue weighted by Crippen LogP contribution is -2.12. The third kappa shape index (κ3) is 2.14. The van der Waals surface area contributed by atoms with Crippen molar-refractivity contribution in [2.45, 2.75) is 33.1 Å². The highest BCUT2D eigenvalue weighted by Crippen LogP contribution is 2.33. The number of hydrogen-bond donors (Lipinski definition) is 0. The van der Waals surface area contributed by atoms with Crippen LogP contribution >= 0.6 is 11.6 Å². The van der Waals surface area contributed by atoms with E-state index in [1.807, 2.05) is 13.0 Å². The van der Waals surface area contributed by atoms with E-state index in [-0.39, 0.29) is 5.41 Å². The average molecular weight is 285 g/mol. The summed E-state index contributed by atoms with van der Waals surface area (Å²) in [6.07, 6.45) is 0. The lowest BCUT2D eigenvalue weighted by atomic mass is 9.87. The van der Waals surface area contributed by atoms with Gasteiger partial charge in [0.1, 0.15) is 5.15 Å². The van der Waals surface area contributed by atoms with Crippen LogP contribution in [0.4, 0.5) is 0 Å². The summed E-state index contributed by atoms with van der Waals surface area (Å²) in [7, 11) is 0. The SMILES string of the molecule is Cc1ccc2ccc3cc(C(C)(C)C)c(Cl)nc3c2n1. The zero-order valence-corrected chi connectivity index (χ0v) is 12.9. The number of nitrogens with zero attached hydrogens (tertiary/aromatic N) is 2. The summed E-state index contributed by atoms with van der Waals surface area (Å²) < 4.78 is 0. The highest BCUT2D eigenvalue weighted by atomic mass is 35.5. The molecule has 0 aliphatic carbocycles. The molecule has 0 N–H and O–H groups in total. The van der Waals surface area contributed by atoms with E-state index in [1.165, 1.54) is 0 Å². The van der Waals surface area contributed by atoms with E-state index in [2.05, 4.69) is 55.0 Å². The Morgan fingerprint density at radius 3 is 2.20 bits per heavy atom. The van der Waals surface area contributed by atoms with Crippen molar-refractivity contribution in [3.05, 3.63) is 46.7 Å². The topological polar surface area (TPSA) is 25.8 Å². The molecule has 3 aromatic rings. The Morgan fingerprint density at radius 2 is 1.50 bits per heavy atom. The second kappa shape index (κ2) is 4.42. The summed E-state index contributed by atoms with van der Waals surface area (Å²) in [6.45, 7) is 8.42. The third-order valence-electron chi connectivity index (χ3n) is 3.55. The summed E-state index contributed by atoms with van der Waals surface area (Å²) in [4.78, 5) is 9.23. The molecule has 2 nitrogen and oxygen atoms in total. The van der Waals surface area contributed by atoms with E-state index in [9.17, 15) is 0 Å². The molecule has 0 saturated heterocycles. The Morgan fingerprint density at radius 1 is 0.900 bits per heavy atom. The first-order valence-corrected chi connectivity index (χ1v) is 7.11. The monoisotopic (exact) mass is 284 g/mol. The molecule has 0 aliphatic rings. The molecule has 0 bridgehead atoms. The largest absolute Gasteiger partial charge is 0.251 e. The first kappa shape index (κ1) is 13.3. The maximum absolute atomic E-state index is 6.39. The van der Waals surface area contributed by atoms with Gasteiger partial charge in [-0.25, -0.2) is 4.98 Å². The second-order valence-corrected chi connectivity index (χ2v) is 6.60. The molecule has 0 radical (unpaired) electrons. The van der Waals surface area contributed by atoms with Gasteiger partial charge in [0, 0.05) is 16.5 Å². The highest BCUT2D eigenvalue weighted by Gasteiger charge is 2.19. The van der Waals surface area contributed by atoms with Crippen LogP contribution in [-0.2, 0) is 5.41 Å². The summed E-state index contributed by atoms with van der Waals surface area (Å²) >= 11 is 6.39. The van der Waals surface area contributed by atoms with E-state index in [0.29, 0.717) is 5.15 Å². The van der Waals surface area contributed by atoms with Crippen molar-refractivity contribution in [3.63, 3.8) is 0 Å². The van der Waals surface area contributed by atoms with Crippen LogP contribution in [0.15, 0.2) is 30.3 Å². The minimum Gasteiger partial charge on any atom is -0.251 e. The standard InChI is InChI=1S/C17H17ClN2/c1-10-5-6-11-7-8-12-9-13(17(2,3)4)16(18)20-15(12)14(11)19-10/h5-9H,1-4H3. The average Bonchev–Trinajstić information content (AvgIpc) is 2.36. The first-order chi connectivity index (χ1) is 9.36. The molecular weight excluding hydrogens is 268 g/mol. The van der Waals surface area contributed by atoms with Gasteiger partial charge < -0.3 is 0 Å². The van der Waals surface area contributed by atoms with Crippen molar-refractivity contribution in [3.8, 4) is 0 Å². The fourth-order valence-corrected chi connectivity index (χ4v) is 2.84. The number of halogens is 1. The second-order valence-electron chi connectivity index (χ2n) is 6.24. The van der Waals surface area contributed by atoms with E-state index < -0.39 is 0 Å². The molecule has 1 aromatic carbocycles. The number of aryl methyl sites for hydroxylation is 1. The van der Waals surface area contributed by atoms with Crippen LogP contribution in [0.5, 0.6) is 0 Å². The smallest absolute Gasteiger partial charge is 0.133 e. The zero-order chi connectivity index (χ0) is 14.5. The van der Waals surface area contributed by atoms with Gasteiger partial charge in [-0.15, -0.1) is 0 Å². The summed E-state index contributed by atoms with van der Waals surface area (Å²) in [5, 5.41) is 2.75. The molecule has 102 valence electrons. The van der Waals surface area contributed by atoms with Gasteiger partial charge in [0.2, 0.25) is 0 Å². The quantitative estimate of drug-likeness (QED) is 0.427. The first-order valence-electron chi connectivity index (χ1n) is 6.73. The van der Waals surface area contributed by atoms with Crippen LogP contribution in [0.3, 0.4) is 0 Å². The van der Waals surface area contributed by atoms with Crippen molar-refractivity contribution < 1.29 is 0 Å². The van der Waals surface area contributed by atoms with E-state index in [1.54, 1.807) is 0 Å². The minimum absolute atomic E-state index is 0.0206. The molecule has 2 heterocycles. The van der Waals surface area contributed by atoms with Gasteiger partial charge in [-0.1, -0.05) is 50.6 Å². The Bertz CT molecular complexity index is 816. The molecule has 0 aliphatic heterocycles. The fraction of sp³-hybridized carbons (Fsp3) is 0.294. The number of hydrogen-bond acceptors (Lipinski definition) is 2. The number of rotatable bonds is 0. The van der Waals surface area contributed by atoms with Crippen molar-refractivity contribution in [2.24, 2.45) is 0 Å². The minimum atomic E-state index is -0.0206. The normalized spacial score (nSPS) is 12.2. The van der Waals surface area contributed by atoms with Crippen molar-refractivity contribution >= 4 is 33.4 Å². The predicted molar refractivity (Wildman–Crippen MR) is 85.5 cm³/mol. The van der Waals surface area contributed by atoms with E-state index >= 15 is 0 Å². The van der Waals surface area contributed by atoms with Gasteiger partial charge >= 0.3 is 0 Å². The molecule has 0 fully saturated rings. The fourth-order valence-electron chi connectivity index (χ4n) is 2.42. The van der Waals surface area contributed by atoms with Gasteiger partial charge in [-0.2, -0.15) is 0 Å². The molecule has 0 saturated carbocycles. The Kier molecular flexibility index (Phi) is 2.94. The molecule has 0 amide bonds. The molecule has 20 heavy (non-hydrogen) atoms. The van der Waals surface area contributed by atoms with E-state index in [0.717, 1.165) is 33.1 Å². The maximum atomic E-state index is 6.39. The number of fused-ring (bicyclic) bond motifs is 3. The van der Waals surface area contributed by atoms with Crippen LogP contribution in [0.2, 0.25) is 5.15 Å². The highest BCUT2D eigenvalue weighted by molar-refractivity contribution is 6.31. The van der Waals surface area contributed by atoms with Crippen molar-refractivity contribution in [1.29, 1.82) is 0 Å². The number of benzene rings is 1. The predicted octanol–water partition coefficient (Wildman–Crippen LogP) is 5.04. The van der Waals surface area contributed by atoms with Gasteiger partial charge in [0.15, 0.2) is 0 Å². The third-order valence-corrected chi connectivity index (χ3v) is 3.83. The Balaban J connectivity index is 2.41. The molecule has 3 rings (SSSR count). The molecule has 0 spiro atoms. The Hall–Kier alpha value is -1.67. The van der Waals surface area contributed by atoms with E-state index in [4.69, 9.17) is 11.6 Å². The molecule has 0 atom stereocenters. The molecule has 0 unspecified atom stereocenters. The van der Waals surface area contributed by atoms with Gasteiger partial charge in [-0.05, 0) is 30.0 Å². The van der Waals surface area contributed by atoms with Crippen LogP contribution in [0.25, 0.3) is 21.8 Å². The number of pyridine rings is 2. The molecule has 2 aromatic heterocycles. The zero-order valence-electron chi connectivity index (χ0n) is 12.2. The number of aromatic nitrogens is 2. The van der Waals surface area contributed by atoms with Crippen LogP contribution in [0.1, 0.15) is 32.0 Å². The van der Waals surface area contributed by atoms with Gasteiger partial charge in [0.05, 0.1) is 11.0 Å². The van der Waals surface area contributed by atoms with Crippen LogP contribution < -0.4 is 0 Å². The van der Waals surface area contributed by atoms with Crippen LogP contribution in [0, 0.1) is 6.92 Å². The molecule has 3 heteroatoms. The maximum Gasteiger partial charge on any atom is 0.133 e. The summed E-state index contributed by atoms with van der Waals surface area (Å²) in [5.41, 5.74) is 3.84. The Labute approximate surface area is 123 Å². The van der Waals surface area contributed by atoms with Gasteiger partial charge in [0.25, 0.3) is 0 Å². The summed E-state index contributed by atoms with van der Waals surface area (Å²) in [6, 6.07) is 10.4. The van der Waals surface area contributed by atoms with Crippen molar-refractivity contribution in [1.82, 2.24) is 9.97 Å². The van der Waals surface area contributed by atoms with Crippen molar-refractivity contribution in [2.75, 3.05) is 0 Å². The van der Waals surface area contributed by atoms with Crippen LogP contribution in [-0.4, -0.2) is 9.97 Å². The summed E-state index contributed by atoms with van der Waals surface area (Å²) in [5.74, 6) is 0. The lowest BCUT2D eigenvalue weighted by Gasteiger charge is -2.20. The van der Waals surface area contributed by atoms with Gasteiger partial charge in [-0.3, -0.25) is 4.98 Å².